The van der Waals surface area contributed by atoms with Gasteiger partial charge in [0, 0.05) is 6.07 Å². The van der Waals surface area contributed by atoms with Crippen molar-refractivity contribution in [2.75, 3.05) is 0 Å². The van der Waals surface area contributed by atoms with Gasteiger partial charge in [-0.1, -0.05) is 63.1 Å². The Hall–Kier alpha value is -1.76. The predicted octanol–water partition coefficient (Wildman–Crippen LogP) is 5.96. The molecule has 0 saturated carbocycles. The Morgan fingerprint density at radius 3 is 2.30 bits per heavy atom. The quantitative estimate of drug-likeness (QED) is 0.601. The molecule has 1 nitrogen and oxygen atoms in total. The molecule has 1 heteroatoms. The van der Waals surface area contributed by atoms with Gasteiger partial charge in [0.1, 0.15) is 11.5 Å². The van der Waals surface area contributed by atoms with Crippen LogP contribution in [0.15, 0.2) is 48.5 Å². The number of benzene rings is 2. The Bertz CT molecular complexity index is 498. The molecule has 0 aromatic heterocycles. The van der Waals surface area contributed by atoms with E-state index in [1.54, 1.807) is 0 Å². The molecule has 1 radical (unpaired) electrons. The van der Waals surface area contributed by atoms with E-state index in [1.807, 2.05) is 30.3 Å². The lowest BCUT2D eigenvalue weighted by Crippen LogP contribution is -2.01. The van der Waals surface area contributed by atoms with Gasteiger partial charge in [-0.2, -0.15) is 0 Å². The molecule has 2 aromatic rings. The fourth-order valence-corrected chi connectivity index (χ4v) is 2.62. The lowest BCUT2D eigenvalue weighted by molar-refractivity contribution is 0.458. The van der Waals surface area contributed by atoms with E-state index in [4.69, 9.17) is 4.74 Å². The van der Waals surface area contributed by atoms with E-state index in [-0.39, 0.29) is 0 Å². The Labute approximate surface area is 122 Å². The van der Waals surface area contributed by atoms with Crippen molar-refractivity contribution in [3.05, 3.63) is 60.2 Å². The topological polar surface area (TPSA) is 9.23 Å². The minimum Gasteiger partial charge on any atom is -0.456 e. The van der Waals surface area contributed by atoms with Gasteiger partial charge in [0.05, 0.1) is 0 Å². The zero-order valence-electron chi connectivity index (χ0n) is 12.4. The smallest absolute Gasteiger partial charge is 0.135 e. The maximum Gasteiger partial charge on any atom is 0.135 e. The molecule has 0 amide bonds. The summed E-state index contributed by atoms with van der Waals surface area (Å²) in [5, 5.41) is 0. The third-order valence-electron chi connectivity index (χ3n) is 3.53. The van der Waals surface area contributed by atoms with Gasteiger partial charge in [0.2, 0.25) is 0 Å². The molecule has 0 saturated heterocycles. The molecule has 0 aliphatic rings. The van der Waals surface area contributed by atoms with Crippen molar-refractivity contribution in [1.82, 2.24) is 0 Å². The van der Waals surface area contributed by atoms with Gasteiger partial charge in [-0.05, 0) is 36.5 Å². The number of para-hydroxylation sites is 2. The summed E-state index contributed by atoms with van der Waals surface area (Å²) in [6.45, 7) is 4.49. The number of hydrogen-bond acceptors (Lipinski definition) is 1. The van der Waals surface area contributed by atoms with Crippen molar-refractivity contribution in [3.63, 3.8) is 0 Å². The van der Waals surface area contributed by atoms with Crippen molar-refractivity contribution in [3.8, 4) is 11.5 Å². The van der Waals surface area contributed by atoms with E-state index in [1.165, 1.54) is 31.2 Å². The van der Waals surface area contributed by atoms with Gasteiger partial charge in [0.15, 0.2) is 0 Å². The highest BCUT2D eigenvalue weighted by Crippen LogP contribution is 2.35. The van der Waals surface area contributed by atoms with Gasteiger partial charge in [-0.15, -0.1) is 0 Å². The highest BCUT2D eigenvalue weighted by atomic mass is 16.5. The molecule has 0 spiro atoms. The van der Waals surface area contributed by atoms with Crippen LogP contribution < -0.4 is 4.74 Å². The third-order valence-corrected chi connectivity index (χ3v) is 3.53. The van der Waals surface area contributed by atoms with Crippen molar-refractivity contribution in [2.45, 2.75) is 45.4 Å². The van der Waals surface area contributed by atoms with Gasteiger partial charge >= 0.3 is 0 Å². The Morgan fingerprint density at radius 1 is 0.950 bits per heavy atom. The van der Waals surface area contributed by atoms with Crippen LogP contribution >= 0.6 is 0 Å². The summed E-state index contributed by atoms with van der Waals surface area (Å²) in [4.78, 5) is 0. The largest absolute Gasteiger partial charge is 0.456 e. The molecule has 0 N–H and O–H groups in total. The molecule has 20 heavy (non-hydrogen) atoms. The number of rotatable bonds is 7. The van der Waals surface area contributed by atoms with Crippen LogP contribution in [0.2, 0.25) is 0 Å². The molecule has 0 heterocycles. The molecule has 0 aliphatic carbocycles. The fraction of sp³-hybridized carbons (Fsp3) is 0.368. The van der Waals surface area contributed by atoms with Crippen LogP contribution in [0.1, 0.15) is 51.0 Å². The zero-order valence-corrected chi connectivity index (χ0v) is 12.4. The molecule has 2 aromatic carbocycles. The Balaban J connectivity index is 2.24. The predicted molar refractivity (Wildman–Crippen MR) is 84.4 cm³/mol. The normalized spacial score (nSPS) is 10.8. The van der Waals surface area contributed by atoms with E-state index in [0.29, 0.717) is 5.92 Å². The minimum atomic E-state index is 0.588. The first-order chi connectivity index (χ1) is 9.85. The molecule has 2 rings (SSSR count). The standard InChI is InChI=1S/C19H23O/c1-3-10-16(11-4-2)18-14-8-9-15-19(18)20-17-12-6-5-7-13-17/h5-9,12,14-16H,3-4,10-11H2,1-2H3. The second-order valence-corrected chi connectivity index (χ2v) is 5.14. The fourth-order valence-electron chi connectivity index (χ4n) is 2.62. The highest BCUT2D eigenvalue weighted by Gasteiger charge is 2.15. The van der Waals surface area contributed by atoms with Crippen LogP contribution in [0.3, 0.4) is 0 Å². The van der Waals surface area contributed by atoms with Crippen LogP contribution in [-0.4, -0.2) is 0 Å². The zero-order chi connectivity index (χ0) is 14.2. The lowest BCUT2D eigenvalue weighted by atomic mass is 9.90. The van der Waals surface area contributed by atoms with E-state index >= 15 is 0 Å². The molecule has 0 fully saturated rings. The molecular weight excluding hydrogens is 244 g/mol. The van der Waals surface area contributed by atoms with Gasteiger partial charge < -0.3 is 4.74 Å². The minimum absolute atomic E-state index is 0.588. The first-order valence-electron chi connectivity index (χ1n) is 7.58. The summed E-state index contributed by atoms with van der Waals surface area (Å²) in [5.41, 5.74) is 1.33. The molecule has 0 atom stereocenters. The van der Waals surface area contributed by atoms with Crippen molar-refractivity contribution in [2.24, 2.45) is 0 Å². The average Bonchev–Trinajstić information content (AvgIpc) is 2.49. The van der Waals surface area contributed by atoms with Crippen molar-refractivity contribution in [1.29, 1.82) is 0 Å². The summed E-state index contributed by atoms with van der Waals surface area (Å²) in [6, 6.07) is 19.3. The average molecular weight is 267 g/mol. The maximum atomic E-state index is 6.03. The number of hydrogen-bond donors (Lipinski definition) is 0. The first-order valence-corrected chi connectivity index (χ1v) is 7.58. The van der Waals surface area contributed by atoms with Gasteiger partial charge in [0.25, 0.3) is 0 Å². The summed E-state index contributed by atoms with van der Waals surface area (Å²) < 4.78 is 6.03. The van der Waals surface area contributed by atoms with Crippen molar-refractivity contribution < 1.29 is 4.74 Å². The molecular formula is C19H23O. The van der Waals surface area contributed by atoms with E-state index < -0.39 is 0 Å². The van der Waals surface area contributed by atoms with Gasteiger partial charge in [-0.25, -0.2) is 0 Å². The van der Waals surface area contributed by atoms with Crippen LogP contribution in [0.5, 0.6) is 11.5 Å². The maximum absolute atomic E-state index is 6.03. The van der Waals surface area contributed by atoms with E-state index in [2.05, 4.69) is 38.1 Å². The van der Waals surface area contributed by atoms with E-state index in [0.717, 1.165) is 11.5 Å². The van der Waals surface area contributed by atoms with Crippen LogP contribution in [0.25, 0.3) is 0 Å². The summed E-state index contributed by atoms with van der Waals surface area (Å²) in [6.07, 6.45) is 4.84. The van der Waals surface area contributed by atoms with Crippen LogP contribution in [-0.2, 0) is 0 Å². The summed E-state index contributed by atoms with van der Waals surface area (Å²) in [7, 11) is 0. The van der Waals surface area contributed by atoms with E-state index in [9.17, 15) is 0 Å². The Morgan fingerprint density at radius 2 is 1.65 bits per heavy atom. The second kappa shape index (κ2) is 7.74. The van der Waals surface area contributed by atoms with Crippen molar-refractivity contribution >= 4 is 0 Å². The highest BCUT2D eigenvalue weighted by molar-refractivity contribution is 5.39. The molecule has 0 unspecified atom stereocenters. The third kappa shape index (κ3) is 3.86. The number of ether oxygens (including phenoxy) is 1. The molecule has 0 bridgehead atoms. The van der Waals surface area contributed by atoms with Crippen LogP contribution in [0.4, 0.5) is 0 Å². The first kappa shape index (κ1) is 14.6. The monoisotopic (exact) mass is 267 g/mol. The van der Waals surface area contributed by atoms with Gasteiger partial charge in [-0.3, -0.25) is 0 Å². The molecule has 105 valence electrons. The summed E-state index contributed by atoms with van der Waals surface area (Å²) in [5.74, 6) is 2.35. The second-order valence-electron chi connectivity index (χ2n) is 5.14. The lowest BCUT2D eigenvalue weighted by Gasteiger charge is -2.19. The SMILES string of the molecule is CCCC(CCC)c1ccccc1Oc1[c]cccc1. The van der Waals surface area contributed by atoms with Crippen LogP contribution in [0, 0.1) is 6.07 Å². The summed E-state index contributed by atoms with van der Waals surface area (Å²) >= 11 is 0. The Kier molecular flexibility index (Phi) is 5.67. The molecule has 0 aliphatic heterocycles.